The highest BCUT2D eigenvalue weighted by Crippen LogP contribution is 2.49. The zero-order valence-electron chi connectivity index (χ0n) is 13.6. The summed E-state index contributed by atoms with van der Waals surface area (Å²) in [5.41, 5.74) is -0.0915. The molecule has 1 atom stereocenters. The second-order valence-corrected chi connectivity index (χ2v) is 6.55. The fourth-order valence-corrected chi connectivity index (χ4v) is 3.31. The SMILES string of the molecule is CCC(C)C(=O)OC1(C(C)(CC)CC)CCCCC1. The molecule has 1 rings (SSSR count). The summed E-state index contributed by atoms with van der Waals surface area (Å²) >= 11 is 0. The Bertz CT molecular complexity index is 286. The fourth-order valence-electron chi connectivity index (χ4n) is 3.31. The highest BCUT2D eigenvalue weighted by molar-refractivity contribution is 5.72. The van der Waals surface area contributed by atoms with Crippen LogP contribution in [-0.4, -0.2) is 11.6 Å². The number of hydrogen-bond donors (Lipinski definition) is 0. The van der Waals surface area contributed by atoms with Gasteiger partial charge in [-0.05, 0) is 44.9 Å². The van der Waals surface area contributed by atoms with Gasteiger partial charge in [0.15, 0.2) is 0 Å². The standard InChI is InChI=1S/C17H32O2/c1-6-14(4)15(18)19-17(12-10-9-11-13-17)16(5,7-2)8-3/h14H,6-13H2,1-5H3. The molecule has 0 N–H and O–H groups in total. The lowest BCUT2D eigenvalue weighted by Gasteiger charge is -2.50. The zero-order valence-corrected chi connectivity index (χ0v) is 13.6. The molecule has 0 heterocycles. The maximum Gasteiger partial charge on any atom is 0.309 e. The Balaban J connectivity index is 2.96. The van der Waals surface area contributed by atoms with Crippen molar-refractivity contribution in [1.82, 2.24) is 0 Å². The van der Waals surface area contributed by atoms with E-state index in [4.69, 9.17) is 4.74 Å². The Morgan fingerprint density at radius 3 is 2.11 bits per heavy atom. The number of carbonyl (C=O) groups excluding carboxylic acids is 1. The van der Waals surface area contributed by atoms with Crippen LogP contribution in [0.2, 0.25) is 0 Å². The van der Waals surface area contributed by atoms with Crippen molar-refractivity contribution in [3.8, 4) is 0 Å². The first-order valence-electron chi connectivity index (χ1n) is 8.17. The summed E-state index contributed by atoms with van der Waals surface area (Å²) in [6.45, 7) is 10.8. The summed E-state index contributed by atoms with van der Waals surface area (Å²) in [4.78, 5) is 12.3. The summed E-state index contributed by atoms with van der Waals surface area (Å²) in [5, 5.41) is 0. The van der Waals surface area contributed by atoms with E-state index in [-0.39, 0.29) is 22.9 Å². The first-order valence-corrected chi connectivity index (χ1v) is 8.17. The Hall–Kier alpha value is -0.530. The van der Waals surface area contributed by atoms with Gasteiger partial charge in [0.2, 0.25) is 0 Å². The first kappa shape index (κ1) is 16.5. The van der Waals surface area contributed by atoms with E-state index >= 15 is 0 Å². The van der Waals surface area contributed by atoms with E-state index in [0.717, 1.165) is 32.1 Å². The van der Waals surface area contributed by atoms with Crippen LogP contribution in [0.5, 0.6) is 0 Å². The average Bonchev–Trinajstić information content (AvgIpc) is 2.46. The third-order valence-electron chi connectivity index (χ3n) is 5.63. The Labute approximate surface area is 119 Å². The minimum absolute atomic E-state index is 0.0116. The van der Waals surface area contributed by atoms with Crippen LogP contribution in [0.25, 0.3) is 0 Å². The Morgan fingerprint density at radius 2 is 1.68 bits per heavy atom. The second kappa shape index (κ2) is 6.76. The molecule has 0 radical (unpaired) electrons. The summed E-state index contributed by atoms with van der Waals surface area (Å²) < 4.78 is 6.14. The van der Waals surface area contributed by atoms with E-state index < -0.39 is 0 Å². The molecule has 0 amide bonds. The minimum atomic E-state index is -0.213. The minimum Gasteiger partial charge on any atom is -0.458 e. The molecule has 2 heteroatoms. The van der Waals surface area contributed by atoms with Gasteiger partial charge < -0.3 is 4.74 Å². The van der Waals surface area contributed by atoms with Gasteiger partial charge in [-0.15, -0.1) is 0 Å². The maximum absolute atomic E-state index is 12.3. The van der Waals surface area contributed by atoms with Gasteiger partial charge in [0.25, 0.3) is 0 Å². The molecule has 0 aromatic rings. The van der Waals surface area contributed by atoms with Crippen molar-refractivity contribution in [2.24, 2.45) is 11.3 Å². The van der Waals surface area contributed by atoms with E-state index in [1.807, 2.05) is 6.92 Å². The highest BCUT2D eigenvalue weighted by Gasteiger charge is 2.49. The highest BCUT2D eigenvalue weighted by atomic mass is 16.6. The van der Waals surface area contributed by atoms with E-state index in [1.54, 1.807) is 0 Å². The van der Waals surface area contributed by atoms with Crippen LogP contribution in [0, 0.1) is 11.3 Å². The molecule has 19 heavy (non-hydrogen) atoms. The van der Waals surface area contributed by atoms with Crippen molar-refractivity contribution in [3.63, 3.8) is 0 Å². The molecule has 1 unspecified atom stereocenters. The predicted molar refractivity (Wildman–Crippen MR) is 80.1 cm³/mol. The maximum atomic E-state index is 12.3. The van der Waals surface area contributed by atoms with Crippen molar-refractivity contribution in [3.05, 3.63) is 0 Å². The monoisotopic (exact) mass is 268 g/mol. The van der Waals surface area contributed by atoms with E-state index in [1.165, 1.54) is 19.3 Å². The number of esters is 1. The normalized spacial score (nSPS) is 20.9. The molecule has 1 aliphatic carbocycles. The Kier molecular flexibility index (Phi) is 5.88. The van der Waals surface area contributed by atoms with Gasteiger partial charge in [-0.3, -0.25) is 4.79 Å². The van der Waals surface area contributed by atoms with Crippen molar-refractivity contribution < 1.29 is 9.53 Å². The molecule has 112 valence electrons. The smallest absolute Gasteiger partial charge is 0.309 e. The van der Waals surface area contributed by atoms with Gasteiger partial charge >= 0.3 is 5.97 Å². The van der Waals surface area contributed by atoms with Crippen molar-refractivity contribution in [1.29, 1.82) is 0 Å². The van der Waals surface area contributed by atoms with E-state index in [2.05, 4.69) is 27.7 Å². The van der Waals surface area contributed by atoms with Crippen molar-refractivity contribution in [2.45, 2.75) is 91.6 Å². The van der Waals surface area contributed by atoms with Gasteiger partial charge in [-0.25, -0.2) is 0 Å². The van der Waals surface area contributed by atoms with Gasteiger partial charge in [0, 0.05) is 5.41 Å². The topological polar surface area (TPSA) is 26.3 Å². The van der Waals surface area contributed by atoms with Crippen LogP contribution in [0.3, 0.4) is 0 Å². The molecule has 2 nitrogen and oxygen atoms in total. The molecule has 0 saturated heterocycles. The third-order valence-corrected chi connectivity index (χ3v) is 5.63. The van der Waals surface area contributed by atoms with Gasteiger partial charge in [0.1, 0.15) is 5.60 Å². The summed E-state index contributed by atoms with van der Waals surface area (Å²) in [5.74, 6) is 0.0364. The lowest BCUT2D eigenvalue weighted by Crippen LogP contribution is -2.51. The summed E-state index contributed by atoms with van der Waals surface area (Å²) in [6, 6.07) is 0. The summed E-state index contributed by atoms with van der Waals surface area (Å²) in [6.07, 6.45) is 8.80. The zero-order chi connectivity index (χ0) is 14.5. The molecule has 1 aliphatic rings. The van der Waals surface area contributed by atoms with Crippen LogP contribution in [-0.2, 0) is 9.53 Å². The number of rotatable bonds is 6. The van der Waals surface area contributed by atoms with E-state index in [0.29, 0.717) is 0 Å². The Morgan fingerprint density at radius 1 is 1.16 bits per heavy atom. The molecule has 1 fully saturated rings. The molecule has 0 aliphatic heterocycles. The van der Waals surface area contributed by atoms with Crippen molar-refractivity contribution >= 4 is 5.97 Å². The van der Waals surface area contributed by atoms with Gasteiger partial charge in [-0.2, -0.15) is 0 Å². The van der Waals surface area contributed by atoms with Crippen LogP contribution in [0.4, 0.5) is 0 Å². The number of carbonyl (C=O) groups is 1. The molecule has 0 bridgehead atoms. The number of hydrogen-bond acceptors (Lipinski definition) is 2. The van der Waals surface area contributed by atoms with Gasteiger partial charge in [0.05, 0.1) is 5.92 Å². The number of ether oxygens (including phenoxy) is 1. The molecule has 1 saturated carbocycles. The van der Waals surface area contributed by atoms with Crippen molar-refractivity contribution in [2.75, 3.05) is 0 Å². The third kappa shape index (κ3) is 3.32. The van der Waals surface area contributed by atoms with Crippen LogP contribution in [0.1, 0.15) is 86.0 Å². The van der Waals surface area contributed by atoms with Gasteiger partial charge in [-0.1, -0.05) is 41.0 Å². The summed E-state index contributed by atoms with van der Waals surface area (Å²) in [7, 11) is 0. The molecular weight excluding hydrogens is 236 g/mol. The average molecular weight is 268 g/mol. The predicted octanol–water partition coefficient (Wildman–Crippen LogP) is 5.10. The van der Waals surface area contributed by atoms with E-state index in [9.17, 15) is 4.79 Å². The molecule has 0 aromatic heterocycles. The lowest BCUT2D eigenvalue weighted by atomic mass is 9.63. The molecular formula is C17H32O2. The first-order chi connectivity index (χ1) is 8.94. The molecule has 0 spiro atoms. The van der Waals surface area contributed by atoms with Crippen LogP contribution in [0.15, 0.2) is 0 Å². The van der Waals surface area contributed by atoms with Crippen LogP contribution >= 0.6 is 0 Å². The lowest BCUT2D eigenvalue weighted by molar-refractivity contribution is -0.189. The van der Waals surface area contributed by atoms with Crippen LogP contribution < -0.4 is 0 Å². The fraction of sp³-hybridized carbons (Fsp3) is 0.941. The largest absolute Gasteiger partial charge is 0.458 e. The molecule has 0 aromatic carbocycles. The second-order valence-electron chi connectivity index (χ2n) is 6.55. The quantitative estimate of drug-likeness (QED) is 0.626.